The van der Waals surface area contributed by atoms with Gasteiger partial charge < -0.3 is 0 Å². The predicted molar refractivity (Wildman–Crippen MR) is 77.8 cm³/mol. The van der Waals surface area contributed by atoms with Crippen LogP contribution in [-0.2, 0) is 10.0 Å². The first kappa shape index (κ1) is 14.5. The third-order valence-corrected chi connectivity index (χ3v) is 4.92. The number of benzene rings is 2. The lowest BCUT2D eigenvalue weighted by atomic mass is 10.2. The molecule has 3 nitrogen and oxygen atoms in total. The summed E-state index contributed by atoms with van der Waals surface area (Å²) in [4.78, 5) is 0.160. The van der Waals surface area contributed by atoms with E-state index in [1.54, 1.807) is 25.1 Å². The van der Waals surface area contributed by atoms with Crippen molar-refractivity contribution < 1.29 is 12.8 Å². The Morgan fingerprint density at radius 2 is 1.65 bits per heavy atom. The molecule has 0 unspecified atom stereocenters. The number of anilines is 1. The van der Waals surface area contributed by atoms with Crippen molar-refractivity contribution in [1.29, 1.82) is 0 Å². The monoisotopic (exact) mass is 293 g/mol. The Balaban J connectivity index is 2.51. The number of hydrogen-bond donors (Lipinski definition) is 0. The van der Waals surface area contributed by atoms with E-state index >= 15 is 0 Å². The maximum Gasteiger partial charge on any atom is 0.264 e. The molecule has 0 aliphatic heterocycles. The van der Waals surface area contributed by atoms with Gasteiger partial charge in [-0.25, -0.2) is 12.8 Å². The molecule has 0 fully saturated rings. The van der Waals surface area contributed by atoms with E-state index in [-0.39, 0.29) is 17.1 Å². The van der Waals surface area contributed by atoms with Crippen LogP contribution in [0.2, 0.25) is 0 Å². The quantitative estimate of drug-likeness (QED) is 0.867. The minimum absolute atomic E-state index is 0.0653. The molecule has 0 saturated carbocycles. The van der Waals surface area contributed by atoms with Crippen molar-refractivity contribution in [1.82, 2.24) is 0 Å². The highest BCUT2D eigenvalue weighted by Crippen LogP contribution is 2.25. The number of aryl methyl sites for hydroxylation is 1. The fourth-order valence-electron chi connectivity index (χ4n) is 1.96. The highest BCUT2D eigenvalue weighted by atomic mass is 32.2. The first-order valence-corrected chi connectivity index (χ1v) is 7.74. The van der Waals surface area contributed by atoms with Crippen molar-refractivity contribution in [3.8, 4) is 0 Å². The van der Waals surface area contributed by atoms with Gasteiger partial charge >= 0.3 is 0 Å². The molecule has 20 heavy (non-hydrogen) atoms. The van der Waals surface area contributed by atoms with Crippen LogP contribution in [0.3, 0.4) is 0 Å². The minimum Gasteiger partial charge on any atom is -0.264 e. The minimum atomic E-state index is -3.75. The Hall–Kier alpha value is -1.88. The molecule has 2 rings (SSSR count). The van der Waals surface area contributed by atoms with Gasteiger partial charge in [0.2, 0.25) is 0 Å². The molecule has 0 amide bonds. The standard InChI is InChI=1S/C15H16FNO2S/c1-3-17(15-7-5-4-6-14(15)16)20(18,19)13-10-8-12(2)9-11-13/h4-11H,3H2,1-2H3. The molecular formula is C15H16FNO2S. The van der Waals surface area contributed by atoms with Gasteiger partial charge in [0.25, 0.3) is 10.0 Å². The van der Waals surface area contributed by atoms with E-state index < -0.39 is 15.8 Å². The second kappa shape index (κ2) is 5.63. The molecule has 5 heteroatoms. The molecule has 0 saturated heterocycles. The smallest absolute Gasteiger partial charge is 0.264 e. The van der Waals surface area contributed by atoms with Gasteiger partial charge in [0.1, 0.15) is 5.82 Å². The molecule has 0 heterocycles. The topological polar surface area (TPSA) is 37.4 Å². The summed E-state index contributed by atoms with van der Waals surface area (Å²) in [6.07, 6.45) is 0. The van der Waals surface area contributed by atoms with Crippen LogP contribution in [0.1, 0.15) is 12.5 Å². The van der Waals surface area contributed by atoms with Crippen LogP contribution in [0.5, 0.6) is 0 Å². The molecule has 0 atom stereocenters. The number of sulfonamides is 1. The van der Waals surface area contributed by atoms with E-state index in [0.717, 1.165) is 9.87 Å². The zero-order chi connectivity index (χ0) is 14.8. The van der Waals surface area contributed by atoms with Crippen molar-refractivity contribution >= 4 is 15.7 Å². The Kier molecular flexibility index (Phi) is 4.09. The third kappa shape index (κ3) is 2.67. The lowest BCUT2D eigenvalue weighted by Crippen LogP contribution is -2.31. The van der Waals surface area contributed by atoms with Crippen LogP contribution in [-0.4, -0.2) is 15.0 Å². The van der Waals surface area contributed by atoms with Crippen LogP contribution in [0.15, 0.2) is 53.4 Å². The molecule has 0 radical (unpaired) electrons. The molecular weight excluding hydrogens is 277 g/mol. The van der Waals surface area contributed by atoms with Crippen LogP contribution < -0.4 is 4.31 Å². The zero-order valence-corrected chi connectivity index (χ0v) is 12.2. The van der Waals surface area contributed by atoms with Gasteiger partial charge in [-0.05, 0) is 38.1 Å². The van der Waals surface area contributed by atoms with Gasteiger partial charge in [-0.1, -0.05) is 29.8 Å². The van der Waals surface area contributed by atoms with Gasteiger partial charge in [-0.3, -0.25) is 4.31 Å². The number of para-hydroxylation sites is 1. The molecule has 0 aliphatic rings. The Bertz CT molecular complexity index is 696. The largest absolute Gasteiger partial charge is 0.264 e. The van der Waals surface area contributed by atoms with Crippen molar-refractivity contribution in [2.75, 3.05) is 10.8 Å². The van der Waals surface area contributed by atoms with Crippen LogP contribution in [0.25, 0.3) is 0 Å². The second-order valence-corrected chi connectivity index (χ2v) is 6.30. The van der Waals surface area contributed by atoms with E-state index in [9.17, 15) is 12.8 Å². The Morgan fingerprint density at radius 1 is 1.05 bits per heavy atom. The SMILES string of the molecule is CCN(c1ccccc1F)S(=O)(=O)c1ccc(C)cc1. The van der Waals surface area contributed by atoms with Gasteiger partial charge in [-0.15, -0.1) is 0 Å². The molecule has 2 aromatic carbocycles. The lowest BCUT2D eigenvalue weighted by molar-refractivity contribution is 0.586. The first-order chi connectivity index (χ1) is 9.46. The Labute approximate surface area is 118 Å². The number of halogens is 1. The maximum absolute atomic E-state index is 13.8. The van der Waals surface area contributed by atoms with Crippen molar-refractivity contribution in [2.45, 2.75) is 18.7 Å². The van der Waals surface area contributed by atoms with E-state index in [0.29, 0.717) is 0 Å². The average Bonchev–Trinajstić information content (AvgIpc) is 2.42. The van der Waals surface area contributed by atoms with Crippen LogP contribution in [0, 0.1) is 12.7 Å². The lowest BCUT2D eigenvalue weighted by Gasteiger charge is -2.23. The number of hydrogen-bond acceptors (Lipinski definition) is 2. The molecule has 106 valence electrons. The molecule has 2 aromatic rings. The number of rotatable bonds is 4. The molecule has 0 aromatic heterocycles. The van der Waals surface area contributed by atoms with Crippen molar-refractivity contribution in [3.63, 3.8) is 0 Å². The summed E-state index contributed by atoms with van der Waals surface area (Å²) in [5.41, 5.74) is 1.04. The summed E-state index contributed by atoms with van der Waals surface area (Å²) in [5.74, 6) is -0.551. The van der Waals surface area contributed by atoms with E-state index in [2.05, 4.69) is 0 Å². The molecule has 0 bridgehead atoms. The van der Waals surface area contributed by atoms with E-state index in [4.69, 9.17) is 0 Å². The number of nitrogens with zero attached hydrogens (tertiary/aromatic N) is 1. The average molecular weight is 293 g/mol. The predicted octanol–water partition coefficient (Wildman–Crippen LogP) is 3.35. The van der Waals surface area contributed by atoms with Gasteiger partial charge in [0.05, 0.1) is 10.6 Å². The van der Waals surface area contributed by atoms with Crippen LogP contribution >= 0.6 is 0 Å². The Morgan fingerprint density at radius 3 is 2.20 bits per heavy atom. The third-order valence-electron chi connectivity index (χ3n) is 3.02. The fourth-order valence-corrected chi connectivity index (χ4v) is 3.44. The first-order valence-electron chi connectivity index (χ1n) is 6.30. The van der Waals surface area contributed by atoms with E-state index in [1.165, 1.54) is 30.3 Å². The summed E-state index contributed by atoms with van der Waals surface area (Å²) in [7, 11) is -3.75. The van der Waals surface area contributed by atoms with E-state index in [1.807, 2.05) is 6.92 Å². The second-order valence-electron chi connectivity index (χ2n) is 4.43. The maximum atomic E-state index is 13.8. The molecule has 0 N–H and O–H groups in total. The van der Waals surface area contributed by atoms with Gasteiger partial charge in [0.15, 0.2) is 0 Å². The van der Waals surface area contributed by atoms with Crippen molar-refractivity contribution in [3.05, 3.63) is 59.9 Å². The summed E-state index contributed by atoms with van der Waals surface area (Å²) in [5, 5.41) is 0. The summed E-state index contributed by atoms with van der Waals surface area (Å²) in [6.45, 7) is 3.72. The van der Waals surface area contributed by atoms with Crippen molar-refractivity contribution in [2.24, 2.45) is 0 Å². The zero-order valence-electron chi connectivity index (χ0n) is 11.4. The summed E-state index contributed by atoms with van der Waals surface area (Å²) in [6, 6.07) is 12.4. The van der Waals surface area contributed by atoms with Gasteiger partial charge in [-0.2, -0.15) is 0 Å². The molecule has 0 aliphatic carbocycles. The fraction of sp³-hybridized carbons (Fsp3) is 0.200. The highest BCUT2D eigenvalue weighted by Gasteiger charge is 2.25. The summed E-state index contributed by atoms with van der Waals surface area (Å²) < 4.78 is 40.1. The summed E-state index contributed by atoms with van der Waals surface area (Å²) >= 11 is 0. The molecule has 0 spiro atoms. The highest BCUT2D eigenvalue weighted by molar-refractivity contribution is 7.92. The normalized spacial score (nSPS) is 11.3. The van der Waals surface area contributed by atoms with Gasteiger partial charge in [0, 0.05) is 6.54 Å². The van der Waals surface area contributed by atoms with Crippen LogP contribution in [0.4, 0.5) is 10.1 Å².